The highest BCUT2D eigenvalue weighted by atomic mass is 79.9. The summed E-state index contributed by atoms with van der Waals surface area (Å²) in [5.74, 6) is 1.08. The fourth-order valence-electron chi connectivity index (χ4n) is 2.29. The summed E-state index contributed by atoms with van der Waals surface area (Å²) in [7, 11) is 2.00. The van der Waals surface area contributed by atoms with Gasteiger partial charge in [0.25, 0.3) is 0 Å². The van der Waals surface area contributed by atoms with Crippen LogP contribution in [0.1, 0.15) is 25.5 Å². The first-order valence-corrected chi connectivity index (χ1v) is 7.30. The van der Waals surface area contributed by atoms with E-state index in [9.17, 15) is 0 Å². The Morgan fingerprint density at radius 3 is 2.50 bits per heavy atom. The number of pyridine rings is 1. The van der Waals surface area contributed by atoms with Crippen LogP contribution in [0.4, 0.5) is 0 Å². The van der Waals surface area contributed by atoms with E-state index in [2.05, 4.69) is 34.8 Å². The summed E-state index contributed by atoms with van der Waals surface area (Å²) in [5.41, 5.74) is 3.00. The van der Waals surface area contributed by atoms with Crippen LogP contribution in [0.25, 0.3) is 22.4 Å². The number of hydrogen-bond acceptors (Lipinski definition) is 3. The Hall–Kier alpha value is -1.75. The van der Waals surface area contributed by atoms with E-state index in [1.807, 2.05) is 29.9 Å². The number of aromatic nitrogens is 4. The van der Waals surface area contributed by atoms with Crippen molar-refractivity contribution in [2.24, 2.45) is 7.05 Å². The van der Waals surface area contributed by atoms with Gasteiger partial charge in [-0.15, -0.1) is 0 Å². The summed E-state index contributed by atoms with van der Waals surface area (Å²) in [6, 6.07) is 3.87. The first kappa shape index (κ1) is 13.2. The second-order valence-corrected chi connectivity index (χ2v) is 5.96. The van der Waals surface area contributed by atoms with Crippen LogP contribution >= 0.6 is 15.9 Å². The fourth-order valence-corrected chi connectivity index (χ4v) is 2.98. The maximum absolute atomic E-state index is 4.76. The Bertz CT molecular complexity index is 762. The molecule has 0 fully saturated rings. The van der Waals surface area contributed by atoms with E-state index < -0.39 is 0 Å². The van der Waals surface area contributed by atoms with Gasteiger partial charge in [-0.05, 0) is 34.0 Å². The molecule has 0 spiro atoms. The maximum Gasteiger partial charge on any atom is 0.161 e. The van der Waals surface area contributed by atoms with Crippen molar-refractivity contribution >= 4 is 27.0 Å². The number of nitrogens with zero attached hydrogens (tertiary/aromatic N) is 4. The summed E-state index contributed by atoms with van der Waals surface area (Å²) in [5, 5.41) is 1.10. The fraction of sp³-hybridized carbons (Fsp3) is 0.267. The molecule has 3 aromatic heterocycles. The molecule has 0 aromatic carbocycles. The lowest BCUT2D eigenvalue weighted by Crippen LogP contribution is -2.01. The van der Waals surface area contributed by atoms with Crippen LogP contribution in [0.2, 0.25) is 0 Å². The maximum atomic E-state index is 4.76. The van der Waals surface area contributed by atoms with Gasteiger partial charge in [-0.1, -0.05) is 13.8 Å². The predicted octanol–water partition coefficient (Wildman–Crippen LogP) is 3.92. The molecule has 3 heterocycles. The van der Waals surface area contributed by atoms with Crippen LogP contribution in [0.15, 0.2) is 35.2 Å². The average molecular weight is 331 g/mol. The quantitative estimate of drug-likeness (QED) is 0.715. The molecule has 4 nitrogen and oxygen atoms in total. The van der Waals surface area contributed by atoms with Crippen LogP contribution in [0.5, 0.6) is 0 Å². The van der Waals surface area contributed by atoms with E-state index in [0.29, 0.717) is 5.92 Å². The summed E-state index contributed by atoms with van der Waals surface area (Å²) >= 11 is 3.61. The second-order valence-electron chi connectivity index (χ2n) is 5.11. The zero-order valence-electron chi connectivity index (χ0n) is 11.6. The highest BCUT2D eigenvalue weighted by molar-refractivity contribution is 9.10. The summed E-state index contributed by atoms with van der Waals surface area (Å²) in [6.45, 7) is 4.30. The topological polar surface area (TPSA) is 43.6 Å². The standard InChI is InChI=1S/C15H15BrN4/c1-9(2)13-12-11(16)8-20(3)15(12)19-14(18-13)10-4-6-17-7-5-10/h4-9H,1-3H3. The van der Waals surface area contributed by atoms with E-state index >= 15 is 0 Å². The molecule has 0 aliphatic rings. The number of hydrogen-bond donors (Lipinski definition) is 0. The van der Waals surface area contributed by atoms with E-state index in [1.54, 1.807) is 12.4 Å². The number of rotatable bonds is 2. The van der Waals surface area contributed by atoms with Crippen molar-refractivity contribution in [3.63, 3.8) is 0 Å². The number of halogens is 1. The molecule has 102 valence electrons. The molecule has 0 saturated carbocycles. The van der Waals surface area contributed by atoms with Gasteiger partial charge in [-0.2, -0.15) is 0 Å². The van der Waals surface area contributed by atoms with Gasteiger partial charge in [0.15, 0.2) is 5.82 Å². The molecule has 0 unspecified atom stereocenters. The highest BCUT2D eigenvalue weighted by Gasteiger charge is 2.17. The van der Waals surface area contributed by atoms with E-state index in [-0.39, 0.29) is 0 Å². The minimum Gasteiger partial charge on any atom is -0.334 e. The highest BCUT2D eigenvalue weighted by Crippen LogP contribution is 2.32. The monoisotopic (exact) mass is 330 g/mol. The molecule has 0 aliphatic heterocycles. The molecule has 0 N–H and O–H groups in total. The van der Waals surface area contributed by atoms with Gasteiger partial charge in [0, 0.05) is 35.7 Å². The summed E-state index contributed by atoms with van der Waals surface area (Å²) in [4.78, 5) is 13.5. The first-order valence-electron chi connectivity index (χ1n) is 6.50. The SMILES string of the molecule is CC(C)c1nc(-c2ccncc2)nc2c1c(Br)cn2C. The van der Waals surface area contributed by atoms with Gasteiger partial charge >= 0.3 is 0 Å². The predicted molar refractivity (Wildman–Crippen MR) is 83.5 cm³/mol. The van der Waals surface area contributed by atoms with Gasteiger partial charge in [0.1, 0.15) is 5.65 Å². The third-order valence-corrected chi connectivity index (χ3v) is 3.88. The first-order chi connectivity index (χ1) is 9.58. The number of fused-ring (bicyclic) bond motifs is 1. The Morgan fingerprint density at radius 1 is 1.15 bits per heavy atom. The molecule has 0 bridgehead atoms. The van der Waals surface area contributed by atoms with E-state index in [4.69, 9.17) is 9.97 Å². The molecular weight excluding hydrogens is 316 g/mol. The van der Waals surface area contributed by atoms with Gasteiger partial charge in [-0.3, -0.25) is 4.98 Å². The number of aryl methyl sites for hydroxylation is 1. The van der Waals surface area contributed by atoms with Gasteiger partial charge in [-0.25, -0.2) is 9.97 Å². The third-order valence-electron chi connectivity index (χ3n) is 3.28. The zero-order chi connectivity index (χ0) is 14.3. The normalized spacial score (nSPS) is 11.4. The van der Waals surface area contributed by atoms with Crippen molar-refractivity contribution in [2.45, 2.75) is 19.8 Å². The Balaban J connectivity index is 2.34. The summed E-state index contributed by atoms with van der Waals surface area (Å²) in [6.07, 6.45) is 5.55. The summed E-state index contributed by atoms with van der Waals surface area (Å²) < 4.78 is 3.07. The molecule has 3 aromatic rings. The Labute approximate surface area is 126 Å². The van der Waals surface area contributed by atoms with Crippen molar-refractivity contribution < 1.29 is 0 Å². The molecule has 3 rings (SSSR count). The molecule has 0 atom stereocenters. The average Bonchev–Trinajstić information content (AvgIpc) is 2.74. The van der Waals surface area contributed by atoms with Crippen LogP contribution < -0.4 is 0 Å². The van der Waals surface area contributed by atoms with Crippen LogP contribution in [0, 0.1) is 0 Å². The van der Waals surface area contributed by atoms with Crippen LogP contribution in [0.3, 0.4) is 0 Å². The van der Waals surface area contributed by atoms with Crippen LogP contribution in [-0.4, -0.2) is 19.5 Å². The van der Waals surface area contributed by atoms with Crippen molar-refractivity contribution in [2.75, 3.05) is 0 Å². The molecule has 0 radical (unpaired) electrons. The molecule has 20 heavy (non-hydrogen) atoms. The van der Waals surface area contributed by atoms with Crippen molar-refractivity contribution in [1.82, 2.24) is 19.5 Å². The Morgan fingerprint density at radius 2 is 1.85 bits per heavy atom. The van der Waals surface area contributed by atoms with Gasteiger partial charge in [0.2, 0.25) is 0 Å². The largest absolute Gasteiger partial charge is 0.334 e. The Kier molecular flexibility index (Phi) is 3.30. The zero-order valence-corrected chi connectivity index (χ0v) is 13.2. The van der Waals surface area contributed by atoms with Crippen molar-refractivity contribution in [3.05, 3.63) is 40.9 Å². The lowest BCUT2D eigenvalue weighted by molar-refractivity contribution is 0.828. The molecular formula is C15H15BrN4. The lowest BCUT2D eigenvalue weighted by atomic mass is 10.1. The molecule has 0 amide bonds. The van der Waals surface area contributed by atoms with Gasteiger partial charge in [0.05, 0.1) is 11.1 Å². The smallest absolute Gasteiger partial charge is 0.161 e. The van der Waals surface area contributed by atoms with E-state index in [0.717, 1.165) is 32.6 Å². The minimum atomic E-state index is 0.333. The van der Waals surface area contributed by atoms with Gasteiger partial charge < -0.3 is 4.57 Å². The molecule has 5 heteroatoms. The molecule has 0 aliphatic carbocycles. The third kappa shape index (κ3) is 2.12. The van der Waals surface area contributed by atoms with Crippen LogP contribution in [-0.2, 0) is 7.05 Å². The molecule has 0 saturated heterocycles. The van der Waals surface area contributed by atoms with E-state index in [1.165, 1.54) is 0 Å². The second kappa shape index (κ2) is 4.98. The van der Waals surface area contributed by atoms with Crippen molar-refractivity contribution in [1.29, 1.82) is 0 Å². The lowest BCUT2D eigenvalue weighted by Gasteiger charge is -2.10. The van der Waals surface area contributed by atoms with Crippen molar-refractivity contribution in [3.8, 4) is 11.4 Å². The minimum absolute atomic E-state index is 0.333.